The predicted octanol–water partition coefficient (Wildman–Crippen LogP) is 9.82. The Morgan fingerprint density at radius 3 is 0.984 bits per heavy atom. The molecule has 0 spiro atoms. The van der Waals surface area contributed by atoms with Crippen molar-refractivity contribution in [3.63, 3.8) is 0 Å². The summed E-state index contributed by atoms with van der Waals surface area (Å²) in [5.74, 6) is 0. The van der Waals surface area contributed by atoms with Gasteiger partial charge in [-0.3, -0.25) is 0 Å². The van der Waals surface area contributed by atoms with Crippen molar-refractivity contribution in [3.05, 3.63) is 72.9 Å². The molecule has 0 N–H and O–H groups in total. The Morgan fingerprint density at radius 1 is 0.422 bits per heavy atom. The van der Waals surface area contributed by atoms with Gasteiger partial charge in [-0.15, -0.1) is 0 Å². The molecule has 0 aliphatic carbocycles. The minimum atomic E-state index is 0.817. The monoisotopic (exact) mass is 885 g/mol. The quantitative estimate of drug-likeness (QED) is 0.110. The van der Waals surface area contributed by atoms with Gasteiger partial charge in [-0.25, -0.2) is 19.9 Å². The van der Waals surface area contributed by atoms with Gasteiger partial charge in [-0.1, -0.05) is 25.7 Å². The number of hydrogen-bond donors (Lipinski definition) is 0. The fourth-order valence-electron chi connectivity index (χ4n) is 10.5. The van der Waals surface area contributed by atoms with Crippen LogP contribution in [0.2, 0.25) is 0 Å². The van der Waals surface area contributed by atoms with E-state index in [2.05, 4.69) is 112 Å². The minimum Gasteiger partial charge on any atom is -0.337 e. The molecule has 12 nitrogen and oxygen atoms in total. The Kier molecular flexibility index (Phi) is 23.1. The molecule has 0 amide bonds. The molecule has 4 saturated heterocycles. The van der Waals surface area contributed by atoms with Crippen LogP contribution in [0.3, 0.4) is 0 Å². The van der Waals surface area contributed by atoms with E-state index in [0.29, 0.717) is 0 Å². The lowest BCUT2D eigenvalue weighted by Gasteiger charge is -2.32. The molecule has 4 aromatic heterocycles. The highest BCUT2D eigenvalue weighted by Crippen LogP contribution is 2.22. The lowest BCUT2D eigenvalue weighted by molar-refractivity contribution is 0.172. The zero-order chi connectivity index (χ0) is 45.5. The van der Waals surface area contributed by atoms with E-state index in [9.17, 15) is 0 Å². The van der Waals surface area contributed by atoms with E-state index in [0.717, 1.165) is 61.7 Å². The van der Waals surface area contributed by atoms with Gasteiger partial charge in [-0.2, -0.15) is 0 Å². The van der Waals surface area contributed by atoms with E-state index in [-0.39, 0.29) is 0 Å². The molecular formula is C52H92N12. The second kappa shape index (κ2) is 28.7. The topological polar surface area (TPSA) is 84.2 Å². The first kappa shape index (κ1) is 51.7. The van der Waals surface area contributed by atoms with Gasteiger partial charge in [0.2, 0.25) is 0 Å². The van der Waals surface area contributed by atoms with Crippen LogP contribution in [0.1, 0.15) is 151 Å². The molecule has 12 heteroatoms. The summed E-state index contributed by atoms with van der Waals surface area (Å²) in [6, 6.07) is 3.27. The zero-order valence-electron chi connectivity index (χ0n) is 42.1. The predicted molar refractivity (Wildman–Crippen MR) is 266 cm³/mol. The molecule has 8 rings (SSSR count). The fourth-order valence-corrected chi connectivity index (χ4v) is 10.5. The van der Waals surface area contributed by atoms with Crippen molar-refractivity contribution in [2.45, 2.75) is 206 Å². The molecule has 8 heterocycles. The molecule has 0 aromatic carbocycles. The number of rotatable bonds is 16. The van der Waals surface area contributed by atoms with E-state index in [4.69, 9.17) is 0 Å². The number of likely N-dealkylation sites (tertiary alicyclic amines) is 4. The second-order valence-electron chi connectivity index (χ2n) is 20.1. The van der Waals surface area contributed by atoms with Crippen molar-refractivity contribution in [2.75, 3.05) is 54.4 Å². The van der Waals surface area contributed by atoms with Gasteiger partial charge in [0, 0.05) is 86.5 Å². The van der Waals surface area contributed by atoms with E-state index >= 15 is 0 Å². The molecule has 360 valence electrons. The Labute approximate surface area is 390 Å². The summed E-state index contributed by atoms with van der Waals surface area (Å²) in [6.45, 7) is 18.0. The maximum absolute atomic E-state index is 4.25. The maximum atomic E-state index is 4.25. The molecule has 4 fully saturated rings. The number of aryl methyl sites for hydroxylation is 8. The normalized spacial score (nSPS) is 22.5. The largest absolute Gasteiger partial charge is 0.337 e. The van der Waals surface area contributed by atoms with Crippen molar-refractivity contribution in [1.29, 1.82) is 0 Å². The van der Waals surface area contributed by atoms with Gasteiger partial charge in [-0.05, 0) is 185 Å². The summed E-state index contributed by atoms with van der Waals surface area (Å²) in [6.07, 6.45) is 43.0. The Balaban J connectivity index is 0.000000161. The molecule has 4 aliphatic heterocycles. The summed E-state index contributed by atoms with van der Waals surface area (Å²) in [5, 5.41) is 0. The number of nitrogens with zero attached hydrogens (tertiary/aromatic N) is 12. The van der Waals surface area contributed by atoms with Crippen molar-refractivity contribution in [3.8, 4) is 0 Å². The van der Waals surface area contributed by atoms with Crippen LogP contribution < -0.4 is 0 Å². The summed E-state index contributed by atoms with van der Waals surface area (Å²) < 4.78 is 8.92. The third kappa shape index (κ3) is 18.5. The molecule has 0 radical (unpaired) electrons. The lowest BCUT2D eigenvalue weighted by atomic mass is 9.99. The second-order valence-corrected chi connectivity index (χ2v) is 20.1. The SMILES string of the molecule is Cc1cn(CCCC2CCCCN2C)cn1.Cc1cn(CCCC2CCCCN2C)cn1.Cc1cncn1CCCC1CCCCN1C.Cc1cncn1CCCC1CCCCN1C. The smallest absolute Gasteiger partial charge is 0.0949 e. The summed E-state index contributed by atoms with van der Waals surface area (Å²) in [7, 11) is 9.08. The van der Waals surface area contributed by atoms with Crippen molar-refractivity contribution in [2.24, 2.45) is 0 Å². The van der Waals surface area contributed by atoms with E-state index in [1.165, 1.54) is 166 Å². The fraction of sp³-hybridized carbons (Fsp3) is 0.769. The van der Waals surface area contributed by atoms with Gasteiger partial charge in [0.1, 0.15) is 0 Å². The average molecular weight is 885 g/mol. The van der Waals surface area contributed by atoms with Gasteiger partial charge >= 0.3 is 0 Å². The third-order valence-electron chi connectivity index (χ3n) is 14.8. The van der Waals surface area contributed by atoms with Gasteiger partial charge in [0.15, 0.2) is 0 Å². The Bertz CT molecular complexity index is 1660. The molecule has 4 aromatic rings. The van der Waals surface area contributed by atoms with E-state index < -0.39 is 0 Å². The first-order chi connectivity index (χ1) is 31.0. The highest BCUT2D eigenvalue weighted by Gasteiger charge is 2.21. The standard InChI is InChI=1S/4C13H23N3/c2*1-12-10-16(11-14-12)9-5-7-13-6-3-4-8-15(13)2;2*1-12-10-14-11-16(12)9-5-7-13-6-3-4-8-15(13)2/h4*10-11,13H,3-9H2,1-2H3. The summed E-state index contributed by atoms with van der Waals surface area (Å²) >= 11 is 0. The Morgan fingerprint density at radius 2 is 0.734 bits per heavy atom. The van der Waals surface area contributed by atoms with Crippen LogP contribution in [0.25, 0.3) is 0 Å². The average Bonchev–Trinajstić information content (AvgIpc) is 4.11. The van der Waals surface area contributed by atoms with Crippen LogP contribution in [-0.2, 0) is 26.2 Å². The number of aromatic nitrogens is 8. The van der Waals surface area contributed by atoms with E-state index in [1.807, 2.05) is 51.6 Å². The van der Waals surface area contributed by atoms with Crippen LogP contribution in [-0.4, -0.2) is 136 Å². The van der Waals surface area contributed by atoms with Crippen LogP contribution in [0.15, 0.2) is 50.1 Å². The van der Waals surface area contributed by atoms with Gasteiger partial charge < -0.3 is 37.9 Å². The van der Waals surface area contributed by atoms with E-state index in [1.54, 1.807) is 0 Å². The third-order valence-corrected chi connectivity index (χ3v) is 14.8. The number of imidazole rings is 4. The van der Waals surface area contributed by atoms with Crippen LogP contribution in [0.5, 0.6) is 0 Å². The van der Waals surface area contributed by atoms with Crippen LogP contribution >= 0.6 is 0 Å². The van der Waals surface area contributed by atoms with Crippen molar-refractivity contribution < 1.29 is 0 Å². The zero-order valence-corrected chi connectivity index (χ0v) is 42.1. The van der Waals surface area contributed by atoms with Crippen molar-refractivity contribution in [1.82, 2.24) is 57.8 Å². The highest BCUT2D eigenvalue weighted by atomic mass is 15.2. The number of hydrogen-bond acceptors (Lipinski definition) is 8. The Hall–Kier alpha value is -3.32. The first-order valence-corrected chi connectivity index (χ1v) is 25.8. The molecule has 64 heavy (non-hydrogen) atoms. The van der Waals surface area contributed by atoms with Gasteiger partial charge in [0.25, 0.3) is 0 Å². The number of piperidine rings is 4. The molecular weight excluding hydrogens is 793 g/mol. The molecule has 4 aliphatic rings. The molecule has 0 saturated carbocycles. The van der Waals surface area contributed by atoms with Crippen LogP contribution in [0.4, 0.5) is 0 Å². The van der Waals surface area contributed by atoms with Crippen LogP contribution in [0, 0.1) is 27.7 Å². The highest BCUT2D eigenvalue weighted by molar-refractivity contribution is 4.95. The van der Waals surface area contributed by atoms with Gasteiger partial charge in [0.05, 0.1) is 36.7 Å². The molecule has 4 atom stereocenters. The molecule has 0 bridgehead atoms. The summed E-state index contributed by atoms with van der Waals surface area (Å²) in [5.41, 5.74) is 4.79. The molecule has 4 unspecified atom stereocenters. The lowest BCUT2D eigenvalue weighted by Crippen LogP contribution is -2.36. The van der Waals surface area contributed by atoms with Crippen molar-refractivity contribution >= 4 is 0 Å². The summed E-state index contributed by atoms with van der Waals surface area (Å²) in [4.78, 5) is 26.9. The maximum Gasteiger partial charge on any atom is 0.0949 e. The minimum absolute atomic E-state index is 0.817. The first-order valence-electron chi connectivity index (χ1n) is 25.8.